The fraction of sp³-hybridized carbons (Fsp3) is 0.462. The number of nitrogens with two attached hydrogens (primary N) is 3. The van der Waals surface area contributed by atoms with Crippen molar-refractivity contribution in [3.05, 3.63) is 108 Å². The van der Waals surface area contributed by atoms with E-state index >= 15 is 0 Å². The van der Waals surface area contributed by atoms with Gasteiger partial charge in [-0.3, -0.25) is 38.6 Å². The van der Waals surface area contributed by atoms with Gasteiger partial charge in [-0.15, -0.1) is 0 Å². The summed E-state index contributed by atoms with van der Waals surface area (Å²) in [6, 6.07) is 9.92. The summed E-state index contributed by atoms with van der Waals surface area (Å²) in [4.78, 5) is 122. The third-order valence-corrected chi connectivity index (χ3v) is 12.2. The van der Waals surface area contributed by atoms with Crippen molar-refractivity contribution < 1.29 is 63.2 Å². The van der Waals surface area contributed by atoms with Gasteiger partial charge in [0, 0.05) is 33.0 Å². The first-order chi connectivity index (χ1) is 35.3. The molecule has 0 unspecified atom stereocenters. The minimum atomic E-state index is -1.78. The molecule has 0 fully saturated rings. The predicted molar refractivity (Wildman–Crippen MR) is 279 cm³/mol. The van der Waals surface area contributed by atoms with Gasteiger partial charge in [0.2, 0.25) is 29.5 Å². The molecule has 75 heavy (non-hydrogen) atoms. The fourth-order valence-corrected chi connectivity index (χ4v) is 7.42. The van der Waals surface area contributed by atoms with E-state index in [1.165, 1.54) is 33.9 Å². The predicted octanol–water partition coefficient (Wildman–Crippen LogP) is 0.728. The number of amides is 6. The van der Waals surface area contributed by atoms with Crippen molar-refractivity contribution in [3.63, 3.8) is 0 Å². The van der Waals surface area contributed by atoms with Crippen molar-refractivity contribution in [2.75, 3.05) is 20.7 Å². The van der Waals surface area contributed by atoms with Crippen LogP contribution in [-0.4, -0.2) is 143 Å². The van der Waals surface area contributed by atoms with E-state index in [4.69, 9.17) is 27.0 Å². The highest BCUT2D eigenvalue weighted by molar-refractivity contribution is 5.99. The SMILES string of the molecule is C=C(C(=O)N[C@H](C)C(=O)O)N(C)C(=O)CC[C@@H](NC(=O)[C@@H](C)[C@H](C=CC(C)=C[C@H](C)[C@H](Cc1ccccc1)OC)NC(=O)[C@H](CCCN=C(N)N)NC(=O)[C@@H](C)[C@@H](NC(=O)[C@@H](N)Cc1ccccc1)C(=O)O)C(=O)O. The maximum atomic E-state index is 14.4. The van der Waals surface area contributed by atoms with Crippen molar-refractivity contribution in [1.82, 2.24) is 31.5 Å². The van der Waals surface area contributed by atoms with Crippen LogP contribution in [-0.2, 0) is 60.7 Å². The lowest BCUT2D eigenvalue weighted by Gasteiger charge is -2.28. The van der Waals surface area contributed by atoms with Gasteiger partial charge in [-0.25, -0.2) is 9.59 Å². The number of hydrogen-bond acceptors (Lipinski definition) is 12. The second-order valence-electron chi connectivity index (χ2n) is 18.2. The monoisotopic (exact) mass is 1050 g/mol. The van der Waals surface area contributed by atoms with Crippen LogP contribution in [0.25, 0.3) is 0 Å². The second-order valence-corrected chi connectivity index (χ2v) is 18.2. The normalized spacial score (nSPS) is 15.4. The summed E-state index contributed by atoms with van der Waals surface area (Å²) < 4.78 is 5.81. The lowest BCUT2D eigenvalue weighted by atomic mass is 9.94. The number of aliphatic carboxylic acids is 3. The first kappa shape index (κ1) is 63.2. The molecule has 0 heterocycles. The Morgan fingerprint density at radius 2 is 1.28 bits per heavy atom. The third-order valence-electron chi connectivity index (χ3n) is 12.2. The van der Waals surface area contributed by atoms with E-state index in [-0.39, 0.29) is 43.8 Å². The number of carbonyl (C=O) groups excluding carboxylic acids is 6. The van der Waals surface area contributed by atoms with Crippen LogP contribution in [0.3, 0.4) is 0 Å². The zero-order valence-electron chi connectivity index (χ0n) is 43.5. The molecule has 0 spiro atoms. The van der Waals surface area contributed by atoms with Gasteiger partial charge in [0.15, 0.2) is 5.96 Å². The van der Waals surface area contributed by atoms with Gasteiger partial charge in [-0.05, 0) is 57.1 Å². The molecule has 23 nitrogen and oxygen atoms in total. The number of benzene rings is 2. The summed E-state index contributed by atoms with van der Waals surface area (Å²) in [5.41, 5.74) is 19.2. The fourth-order valence-electron chi connectivity index (χ4n) is 7.42. The van der Waals surface area contributed by atoms with Gasteiger partial charge in [0.1, 0.15) is 29.9 Å². The molecule has 0 bridgehead atoms. The average molecular weight is 1050 g/mol. The number of hydrogen-bond donors (Lipinski definition) is 11. The number of carbonyl (C=O) groups is 9. The molecule has 410 valence electrons. The molecular formula is C52H74N10O13. The number of ether oxygens (including phenoxy) is 1. The molecule has 14 N–H and O–H groups in total. The maximum absolute atomic E-state index is 14.4. The molecule has 0 aliphatic rings. The molecule has 23 heteroatoms. The number of carboxylic acid groups (broad SMARTS) is 3. The van der Waals surface area contributed by atoms with Crippen molar-refractivity contribution >= 4 is 59.3 Å². The zero-order chi connectivity index (χ0) is 56.5. The van der Waals surface area contributed by atoms with Gasteiger partial charge < -0.3 is 68.7 Å². The Bertz CT molecular complexity index is 2390. The van der Waals surface area contributed by atoms with Crippen LogP contribution >= 0.6 is 0 Å². The molecule has 0 radical (unpaired) electrons. The van der Waals surface area contributed by atoms with Crippen molar-refractivity contribution in [3.8, 4) is 0 Å². The molecule has 0 aliphatic heterocycles. The number of aliphatic imine (C=N–C) groups is 1. The molecule has 2 aromatic rings. The average Bonchev–Trinajstić information content (AvgIpc) is 3.36. The molecule has 0 aromatic heterocycles. The highest BCUT2D eigenvalue weighted by Gasteiger charge is 2.36. The number of methoxy groups -OCH3 is 1. The molecule has 0 saturated heterocycles. The topological polar surface area (TPSA) is 377 Å². The Kier molecular flexibility index (Phi) is 26.6. The second kappa shape index (κ2) is 31.6. The summed E-state index contributed by atoms with van der Waals surface area (Å²) in [5, 5.41) is 41.7. The quantitative estimate of drug-likeness (QED) is 0.0158. The molecule has 10 atom stereocenters. The van der Waals surface area contributed by atoms with Crippen LogP contribution in [0.1, 0.15) is 71.4 Å². The standard InChI is InChI=1S/C52H74N10O13/c1-29(26-30(2)41(75-8)28-36-18-13-10-14-19-36)21-22-38(31(3)44(64)60-40(50(71)72)23-24-42(63)62(7)34(6)46(66)57-33(5)49(69)70)58-48(68)39(20-15-25-56-52(54)55)59-45(65)32(4)43(51(73)74)61-47(67)37(53)27-35-16-11-9-12-17-35/h9-14,16-19,21-22,26,30-33,37-41,43H,6,15,20,23-25,27-28,53H2,1-5,7-8H3,(H,57,66)(H,58,68)(H,59,65)(H,60,64)(H,61,67)(H,69,70)(H,71,72)(H,73,74)(H4,54,55,56)/t30-,31-,32-,33+,37-,38-,39-,40+,41-,43+/m0/s1. The Labute approximate surface area is 436 Å². The highest BCUT2D eigenvalue weighted by atomic mass is 16.5. The molecule has 6 amide bonds. The summed E-state index contributed by atoms with van der Waals surface area (Å²) in [6.45, 7) is 11.1. The zero-order valence-corrected chi connectivity index (χ0v) is 43.5. The summed E-state index contributed by atoms with van der Waals surface area (Å²) in [6.07, 6.45) is 4.53. The molecule has 2 aromatic carbocycles. The van der Waals surface area contributed by atoms with Crippen LogP contribution in [0.5, 0.6) is 0 Å². The third kappa shape index (κ3) is 22.0. The van der Waals surface area contributed by atoms with E-state index in [9.17, 15) is 53.4 Å². The van der Waals surface area contributed by atoms with E-state index in [2.05, 4.69) is 38.2 Å². The van der Waals surface area contributed by atoms with Crippen molar-refractivity contribution in [1.29, 1.82) is 0 Å². The first-order valence-corrected chi connectivity index (χ1v) is 24.2. The summed E-state index contributed by atoms with van der Waals surface area (Å²) in [7, 11) is 2.78. The van der Waals surface area contributed by atoms with Crippen LogP contribution < -0.4 is 43.8 Å². The Hall–Kier alpha value is -7.92. The maximum Gasteiger partial charge on any atom is 0.327 e. The number of rotatable bonds is 32. The highest BCUT2D eigenvalue weighted by Crippen LogP contribution is 2.19. The number of allylic oxidation sites excluding steroid dienone is 2. The largest absolute Gasteiger partial charge is 0.480 e. The lowest BCUT2D eigenvalue weighted by Crippen LogP contribution is -2.57. The Balaban J connectivity index is 2.49. The Morgan fingerprint density at radius 1 is 0.720 bits per heavy atom. The number of nitrogens with one attached hydrogen (secondary N) is 5. The Morgan fingerprint density at radius 3 is 1.81 bits per heavy atom. The van der Waals surface area contributed by atoms with Crippen LogP contribution in [0.4, 0.5) is 0 Å². The van der Waals surface area contributed by atoms with E-state index in [0.717, 1.165) is 10.5 Å². The van der Waals surface area contributed by atoms with E-state index < -0.39 is 120 Å². The molecule has 0 aliphatic carbocycles. The summed E-state index contributed by atoms with van der Waals surface area (Å²) in [5.74, 6) is -12.7. The van der Waals surface area contributed by atoms with Gasteiger partial charge in [-0.2, -0.15) is 0 Å². The molecule has 0 saturated carbocycles. The number of carboxylic acids is 3. The van der Waals surface area contributed by atoms with Crippen LogP contribution in [0.2, 0.25) is 0 Å². The van der Waals surface area contributed by atoms with Crippen LogP contribution in [0, 0.1) is 17.8 Å². The smallest absolute Gasteiger partial charge is 0.327 e. The van der Waals surface area contributed by atoms with Gasteiger partial charge >= 0.3 is 17.9 Å². The number of nitrogens with zero attached hydrogens (tertiary/aromatic N) is 2. The minimum absolute atomic E-state index is 0.0157. The molecular weight excluding hydrogens is 973 g/mol. The van der Waals surface area contributed by atoms with Crippen LogP contribution in [0.15, 0.2) is 102 Å². The van der Waals surface area contributed by atoms with Gasteiger partial charge in [0.05, 0.1) is 30.0 Å². The van der Waals surface area contributed by atoms with Gasteiger partial charge in [-0.1, -0.05) is 112 Å². The first-order valence-electron chi connectivity index (χ1n) is 24.2. The van der Waals surface area contributed by atoms with Crippen molar-refractivity contribution in [2.45, 2.75) is 115 Å². The number of guanidine groups is 1. The summed E-state index contributed by atoms with van der Waals surface area (Å²) >= 11 is 0. The van der Waals surface area contributed by atoms with E-state index in [1.807, 2.05) is 43.3 Å². The van der Waals surface area contributed by atoms with Crippen molar-refractivity contribution in [2.24, 2.45) is 39.9 Å². The lowest BCUT2D eigenvalue weighted by molar-refractivity contribution is -0.146. The van der Waals surface area contributed by atoms with E-state index in [0.29, 0.717) is 17.6 Å². The molecule has 2 rings (SSSR count). The van der Waals surface area contributed by atoms with Gasteiger partial charge in [0.25, 0.3) is 5.91 Å². The minimum Gasteiger partial charge on any atom is -0.480 e. The number of likely N-dealkylation sites (N-methyl/N-ethyl adjacent to an activating group) is 1. The van der Waals surface area contributed by atoms with E-state index in [1.54, 1.807) is 50.4 Å².